The highest BCUT2D eigenvalue weighted by Crippen LogP contribution is 2.39. The first-order valence-corrected chi connectivity index (χ1v) is 15.9. The lowest BCUT2D eigenvalue weighted by Gasteiger charge is -2.17. The Morgan fingerprint density at radius 3 is 2.08 bits per heavy atom. The van der Waals surface area contributed by atoms with Crippen molar-refractivity contribution >= 4 is 47.1 Å². The van der Waals surface area contributed by atoms with Crippen LogP contribution >= 0.6 is 11.8 Å². The number of methoxy groups -OCH3 is 3. The molecule has 12 heteroatoms. The molecule has 11 nitrogen and oxygen atoms in total. The van der Waals surface area contributed by atoms with Gasteiger partial charge in [-0.3, -0.25) is 14.4 Å². The fourth-order valence-electron chi connectivity index (χ4n) is 4.79. The molecule has 3 amide bonds. The summed E-state index contributed by atoms with van der Waals surface area (Å²) in [6.45, 7) is 1.74. The van der Waals surface area contributed by atoms with Crippen LogP contribution in [0, 0.1) is 6.92 Å². The Morgan fingerprint density at radius 2 is 1.47 bits per heavy atom. The van der Waals surface area contributed by atoms with Gasteiger partial charge < -0.3 is 34.7 Å². The van der Waals surface area contributed by atoms with Gasteiger partial charge in [0, 0.05) is 22.2 Å². The summed E-state index contributed by atoms with van der Waals surface area (Å²) in [6, 6.07) is 29.9. The monoisotopic (exact) mass is 678 g/mol. The average Bonchev–Trinajstić information content (AvgIpc) is 3.54. The maximum atomic E-state index is 13.8. The summed E-state index contributed by atoms with van der Waals surface area (Å²) in [5.41, 5.74) is 2.07. The SMILES string of the molecule is COc1cc(/C=C(/NC(=O)c2ccccc2)C(=O)Nc2cccc(SC(C(=O)Nc3cc(C)on3)c3ccccc3)c2)cc(OC)c1OC. The molecule has 1 atom stereocenters. The van der Waals surface area contributed by atoms with Crippen LogP contribution in [-0.2, 0) is 9.59 Å². The topological polar surface area (TPSA) is 141 Å². The Morgan fingerprint density at radius 1 is 0.796 bits per heavy atom. The number of hydrogen-bond donors (Lipinski definition) is 3. The molecule has 1 unspecified atom stereocenters. The minimum absolute atomic E-state index is 0.0365. The number of nitrogens with zero attached hydrogens (tertiary/aromatic N) is 1. The number of aromatic nitrogens is 1. The highest BCUT2D eigenvalue weighted by molar-refractivity contribution is 8.00. The molecule has 0 radical (unpaired) electrons. The van der Waals surface area contributed by atoms with Gasteiger partial charge in [-0.1, -0.05) is 59.8 Å². The third kappa shape index (κ3) is 8.87. The number of ether oxygens (including phenoxy) is 3. The molecule has 1 heterocycles. The van der Waals surface area contributed by atoms with Gasteiger partial charge in [-0.25, -0.2) is 0 Å². The number of nitrogens with one attached hydrogen (secondary N) is 3. The summed E-state index contributed by atoms with van der Waals surface area (Å²) in [7, 11) is 4.47. The smallest absolute Gasteiger partial charge is 0.272 e. The third-order valence-corrected chi connectivity index (χ3v) is 8.34. The lowest BCUT2D eigenvalue weighted by Crippen LogP contribution is -2.30. The zero-order valence-electron chi connectivity index (χ0n) is 27.2. The number of carbonyl (C=O) groups excluding carboxylic acids is 3. The maximum absolute atomic E-state index is 13.8. The van der Waals surface area contributed by atoms with Gasteiger partial charge in [-0.2, -0.15) is 0 Å². The summed E-state index contributed by atoms with van der Waals surface area (Å²) in [6.07, 6.45) is 1.51. The number of aryl methyl sites for hydroxylation is 1. The summed E-state index contributed by atoms with van der Waals surface area (Å²) < 4.78 is 21.5. The van der Waals surface area contributed by atoms with Crippen molar-refractivity contribution < 1.29 is 33.1 Å². The molecule has 0 aliphatic carbocycles. The van der Waals surface area contributed by atoms with E-state index >= 15 is 0 Å². The van der Waals surface area contributed by atoms with Gasteiger partial charge in [0.05, 0.1) is 21.3 Å². The molecule has 250 valence electrons. The molecule has 3 N–H and O–H groups in total. The van der Waals surface area contributed by atoms with Crippen LogP contribution in [0.5, 0.6) is 17.2 Å². The van der Waals surface area contributed by atoms with E-state index in [4.69, 9.17) is 18.7 Å². The second-order valence-corrected chi connectivity index (χ2v) is 11.7. The van der Waals surface area contributed by atoms with Gasteiger partial charge in [0.25, 0.3) is 11.8 Å². The molecule has 49 heavy (non-hydrogen) atoms. The van der Waals surface area contributed by atoms with Crippen molar-refractivity contribution in [2.24, 2.45) is 0 Å². The summed E-state index contributed by atoms with van der Waals surface area (Å²) in [5, 5.41) is 11.7. The number of benzene rings is 4. The van der Waals surface area contributed by atoms with Crippen LogP contribution in [0.25, 0.3) is 6.08 Å². The van der Waals surface area contributed by atoms with Crippen molar-refractivity contribution in [2.45, 2.75) is 17.1 Å². The number of hydrogen-bond acceptors (Lipinski definition) is 9. The van der Waals surface area contributed by atoms with Gasteiger partial charge in [0.2, 0.25) is 11.7 Å². The summed E-state index contributed by atoms with van der Waals surface area (Å²) in [4.78, 5) is 41.2. The van der Waals surface area contributed by atoms with Gasteiger partial charge in [0.1, 0.15) is 16.7 Å². The van der Waals surface area contributed by atoms with E-state index < -0.39 is 17.1 Å². The predicted octanol–water partition coefficient (Wildman–Crippen LogP) is 6.89. The van der Waals surface area contributed by atoms with Crippen LogP contribution in [0.3, 0.4) is 0 Å². The number of amides is 3. The lowest BCUT2D eigenvalue weighted by molar-refractivity contribution is -0.116. The summed E-state index contributed by atoms with van der Waals surface area (Å²) in [5.74, 6) is 0.671. The number of carbonyl (C=O) groups is 3. The Bertz CT molecular complexity index is 1940. The van der Waals surface area contributed by atoms with Crippen molar-refractivity contribution in [3.05, 3.63) is 131 Å². The zero-order valence-corrected chi connectivity index (χ0v) is 28.0. The molecule has 0 spiro atoms. The van der Waals surface area contributed by atoms with Crippen molar-refractivity contribution in [2.75, 3.05) is 32.0 Å². The van der Waals surface area contributed by atoms with Gasteiger partial charge >= 0.3 is 0 Å². The minimum atomic E-state index is -0.648. The number of rotatable bonds is 13. The average molecular weight is 679 g/mol. The molecular formula is C37H34N4O7S. The molecule has 5 rings (SSSR count). The van der Waals surface area contributed by atoms with E-state index in [9.17, 15) is 14.4 Å². The summed E-state index contributed by atoms with van der Waals surface area (Å²) >= 11 is 1.30. The van der Waals surface area contributed by atoms with E-state index in [-0.39, 0.29) is 11.6 Å². The van der Waals surface area contributed by atoms with Crippen LogP contribution in [0.2, 0.25) is 0 Å². The van der Waals surface area contributed by atoms with Crippen LogP contribution in [0.4, 0.5) is 11.5 Å². The van der Waals surface area contributed by atoms with E-state index in [0.717, 1.165) is 5.56 Å². The fraction of sp³-hybridized carbons (Fsp3) is 0.135. The van der Waals surface area contributed by atoms with Crippen molar-refractivity contribution in [3.8, 4) is 17.2 Å². The van der Waals surface area contributed by atoms with E-state index in [1.165, 1.54) is 39.2 Å². The maximum Gasteiger partial charge on any atom is 0.272 e. The second-order valence-electron chi connectivity index (χ2n) is 10.5. The third-order valence-electron chi connectivity index (χ3n) is 7.09. The first kappa shape index (κ1) is 34.3. The van der Waals surface area contributed by atoms with Crippen LogP contribution in [-0.4, -0.2) is 44.2 Å². The molecule has 1 aromatic heterocycles. The Kier molecular flexibility index (Phi) is 11.4. The molecular weight excluding hydrogens is 644 g/mol. The minimum Gasteiger partial charge on any atom is -0.493 e. The molecule has 0 saturated carbocycles. The van der Waals surface area contributed by atoms with Gasteiger partial charge in [0.15, 0.2) is 17.3 Å². The Balaban J connectivity index is 1.43. The largest absolute Gasteiger partial charge is 0.493 e. The fourth-order valence-corrected chi connectivity index (χ4v) is 5.88. The van der Waals surface area contributed by atoms with E-state index in [0.29, 0.717) is 50.5 Å². The number of thioether (sulfide) groups is 1. The van der Waals surface area contributed by atoms with E-state index in [1.807, 2.05) is 36.4 Å². The molecule has 0 bridgehead atoms. The Hall–Kier alpha value is -6.01. The highest BCUT2D eigenvalue weighted by Gasteiger charge is 2.24. The van der Waals surface area contributed by atoms with Crippen LogP contribution in [0.1, 0.15) is 32.5 Å². The molecule has 4 aromatic carbocycles. The molecule has 0 fully saturated rings. The highest BCUT2D eigenvalue weighted by atomic mass is 32.2. The van der Waals surface area contributed by atoms with Crippen molar-refractivity contribution in [1.29, 1.82) is 0 Å². The molecule has 5 aromatic rings. The quantitative estimate of drug-likeness (QED) is 0.0897. The first-order valence-electron chi connectivity index (χ1n) is 15.0. The molecule has 0 saturated heterocycles. The predicted molar refractivity (Wildman–Crippen MR) is 188 cm³/mol. The molecule has 0 aliphatic rings. The van der Waals surface area contributed by atoms with Crippen molar-refractivity contribution in [3.63, 3.8) is 0 Å². The van der Waals surface area contributed by atoms with Gasteiger partial charge in [-0.05, 0) is 66.6 Å². The second kappa shape index (κ2) is 16.2. The standard InChI is InChI=1S/C37H34N4O7S/c1-23-18-32(41-48-23)40-37(44)34(25-12-7-5-8-13-25)49-28-17-11-16-27(22-28)38-36(43)29(39-35(42)26-14-9-6-10-15-26)19-24-20-30(45-2)33(47-4)31(21-24)46-3/h5-22,34H,1-4H3,(H,38,43)(H,39,42)(H,40,41,44)/b29-19+. The van der Waals surface area contributed by atoms with Gasteiger partial charge in [-0.15, -0.1) is 11.8 Å². The van der Waals surface area contributed by atoms with Crippen LogP contribution in [0.15, 0.2) is 118 Å². The number of anilines is 2. The lowest BCUT2D eigenvalue weighted by atomic mass is 10.1. The van der Waals surface area contributed by atoms with E-state index in [1.54, 1.807) is 73.7 Å². The normalized spacial score (nSPS) is 11.6. The zero-order chi connectivity index (χ0) is 34.8. The van der Waals surface area contributed by atoms with Crippen LogP contribution < -0.4 is 30.2 Å². The van der Waals surface area contributed by atoms with Crippen molar-refractivity contribution in [1.82, 2.24) is 10.5 Å². The van der Waals surface area contributed by atoms with E-state index in [2.05, 4.69) is 21.1 Å². The molecule has 0 aliphatic heterocycles. The first-order chi connectivity index (χ1) is 23.8. The Labute approximate surface area is 287 Å².